The Morgan fingerprint density at radius 3 is 2.54 bits per heavy atom. The smallest absolute Gasteiger partial charge is 0.328 e. The summed E-state index contributed by atoms with van der Waals surface area (Å²) < 4.78 is 4.82. The highest BCUT2D eigenvalue weighted by atomic mass is 16.5. The van der Waals surface area contributed by atoms with E-state index in [9.17, 15) is 14.4 Å². The zero-order chi connectivity index (χ0) is 17.9. The van der Waals surface area contributed by atoms with Crippen molar-refractivity contribution in [3.8, 4) is 0 Å². The van der Waals surface area contributed by atoms with Gasteiger partial charge in [0.2, 0.25) is 0 Å². The summed E-state index contributed by atoms with van der Waals surface area (Å²) in [6.07, 6.45) is 2.50. The molecular weight excluding hydrogens is 306 g/mol. The zero-order valence-electron chi connectivity index (χ0n) is 14.8. The lowest BCUT2D eigenvalue weighted by Gasteiger charge is -2.22. The lowest BCUT2D eigenvalue weighted by molar-refractivity contribution is -0.144. The summed E-state index contributed by atoms with van der Waals surface area (Å²) in [5, 5.41) is 2.81. The molecule has 130 valence electrons. The molecule has 5 heteroatoms. The van der Waals surface area contributed by atoms with Crippen LogP contribution in [0.4, 0.5) is 0 Å². The Morgan fingerprint density at radius 1 is 1.25 bits per heavy atom. The maximum absolute atomic E-state index is 12.8. The van der Waals surface area contributed by atoms with Gasteiger partial charge in [0.1, 0.15) is 6.04 Å². The molecule has 0 aliphatic heterocycles. The second-order valence-corrected chi connectivity index (χ2v) is 6.31. The number of carbonyl (C=O) groups is 3. The molecule has 0 spiro atoms. The van der Waals surface area contributed by atoms with Gasteiger partial charge in [0.15, 0.2) is 5.78 Å². The molecule has 24 heavy (non-hydrogen) atoms. The van der Waals surface area contributed by atoms with Crippen LogP contribution in [0.1, 0.15) is 65.5 Å². The molecule has 1 aromatic rings. The van der Waals surface area contributed by atoms with Crippen molar-refractivity contribution in [3.05, 3.63) is 34.4 Å². The molecule has 1 N–H and O–H groups in total. The first-order valence-electron chi connectivity index (χ1n) is 8.50. The monoisotopic (exact) mass is 331 g/mol. The third kappa shape index (κ3) is 3.50. The number of nitrogens with one attached hydrogen (secondary N) is 1. The Hall–Kier alpha value is -2.17. The van der Waals surface area contributed by atoms with Gasteiger partial charge >= 0.3 is 5.97 Å². The van der Waals surface area contributed by atoms with Gasteiger partial charge in [0.05, 0.1) is 7.11 Å². The fraction of sp³-hybridized carbons (Fsp3) is 0.526. The maximum Gasteiger partial charge on any atom is 0.328 e. The molecule has 2 rings (SSSR count). The number of ether oxygens (including phenoxy) is 1. The summed E-state index contributed by atoms with van der Waals surface area (Å²) in [6.45, 7) is 5.85. The number of hydrogen-bond donors (Lipinski definition) is 1. The number of rotatable bonds is 6. The summed E-state index contributed by atoms with van der Waals surface area (Å²) in [4.78, 5) is 36.8. The molecule has 1 amide bonds. The minimum absolute atomic E-state index is 0.0366. The number of aryl methyl sites for hydroxylation is 1. The van der Waals surface area contributed by atoms with E-state index in [1.54, 1.807) is 0 Å². The van der Waals surface area contributed by atoms with Crippen molar-refractivity contribution in [2.75, 3.05) is 7.11 Å². The number of methoxy groups -OCH3 is 1. The molecule has 0 saturated heterocycles. The largest absolute Gasteiger partial charge is 0.467 e. The van der Waals surface area contributed by atoms with Crippen LogP contribution in [0.5, 0.6) is 0 Å². The van der Waals surface area contributed by atoms with Gasteiger partial charge in [-0.2, -0.15) is 0 Å². The molecule has 5 nitrogen and oxygen atoms in total. The van der Waals surface area contributed by atoms with Crippen molar-refractivity contribution in [1.82, 2.24) is 5.32 Å². The van der Waals surface area contributed by atoms with Crippen LogP contribution >= 0.6 is 0 Å². The van der Waals surface area contributed by atoms with Gasteiger partial charge in [-0.3, -0.25) is 9.59 Å². The average Bonchev–Trinajstić information content (AvgIpc) is 2.98. The predicted octanol–water partition coefficient (Wildman–Crippen LogP) is 2.70. The van der Waals surface area contributed by atoms with Gasteiger partial charge in [0, 0.05) is 17.5 Å². The van der Waals surface area contributed by atoms with Crippen molar-refractivity contribution in [2.24, 2.45) is 5.92 Å². The lowest BCUT2D eigenvalue weighted by atomic mass is 9.95. The quantitative estimate of drug-likeness (QED) is 0.814. The Balaban J connectivity index is 2.35. The first-order valence-corrected chi connectivity index (χ1v) is 8.50. The minimum atomic E-state index is -0.689. The molecule has 0 aromatic heterocycles. The second kappa shape index (κ2) is 7.60. The molecule has 0 fully saturated rings. The van der Waals surface area contributed by atoms with Crippen molar-refractivity contribution < 1.29 is 19.1 Å². The van der Waals surface area contributed by atoms with Gasteiger partial charge in [-0.15, -0.1) is 0 Å². The molecule has 1 aliphatic carbocycles. The fourth-order valence-electron chi connectivity index (χ4n) is 3.04. The summed E-state index contributed by atoms with van der Waals surface area (Å²) in [7, 11) is 1.32. The standard InChI is InChI=1S/C19H25NO4/c1-5-11(3)17(19(23)24-4)20-18(22)15-10-12(6-2)9-14-13(15)7-8-16(14)21/h9-11,17H,5-8H2,1-4H3,(H,20,22)/t11-,17+/m1/s1. The van der Waals surface area contributed by atoms with E-state index in [0.717, 1.165) is 24.0 Å². The van der Waals surface area contributed by atoms with Crippen LogP contribution in [0.3, 0.4) is 0 Å². The number of hydrogen-bond acceptors (Lipinski definition) is 4. The van der Waals surface area contributed by atoms with E-state index in [2.05, 4.69) is 5.32 Å². The van der Waals surface area contributed by atoms with E-state index in [1.807, 2.05) is 32.9 Å². The van der Waals surface area contributed by atoms with Crippen LogP contribution in [0.2, 0.25) is 0 Å². The molecule has 0 saturated carbocycles. The SMILES string of the molecule is CCc1cc2c(c(C(=O)N[C@H](C(=O)OC)[C@H](C)CC)c1)CCC2=O. The summed E-state index contributed by atoms with van der Waals surface area (Å²) in [5.74, 6) is -0.713. The molecule has 2 atom stereocenters. The van der Waals surface area contributed by atoms with Crippen molar-refractivity contribution in [3.63, 3.8) is 0 Å². The minimum Gasteiger partial charge on any atom is -0.467 e. The Bertz CT molecular complexity index is 666. The van der Waals surface area contributed by atoms with E-state index >= 15 is 0 Å². The number of fused-ring (bicyclic) bond motifs is 1. The van der Waals surface area contributed by atoms with E-state index in [4.69, 9.17) is 4.74 Å². The molecule has 0 heterocycles. The Morgan fingerprint density at radius 2 is 1.96 bits per heavy atom. The van der Waals surface area contributed by atoms with Gasteiger partial charge in [-0.05, 0) is 42.0 Å². The highest BCUT2D eigenvalue weighted by molar-refractivity contribution is 6.06. The second-order valence-electron chi connectivity index (χ2n) is 6.31. The fourth-order valence-corrected chi connectivity index (χ4v) is 3.04. The number of ketones is 1. The van der Waals surface area contributed by atoms with Crippen LogP contribution in [-0.4, -0.2) is 30.8 Å². The number of carbonyl (C=O) groups excluding carboxylic acids is 3. The van der Waals surface area contributed by atoms with Crippen LogP contribution in [0.15, 0.2) is 12.1 Å². The van der Waals surface area contributed by atoms with E-state index in [0.29, 0.717) is 24.0 Å². The summed E-state index contributed by atoms with van der Waals surface area (Å²) in [5.41, 5.74) is 2.90. The van der Waals surface area contributed by atoms with Gasteiger partial charge < -0.3 is 10.1 Å². The lowest BCUT2D eigenvalue weighted by Crippen LogP contribution is -2.45. The number of benzene rings is 1. The third-order valence-corrected chi connectivity index (χ3v) is 4.82. The first kappa shape index (κ1) is 18.2. The molecule has 1 aliphatic rings. The van der Waals surface area contributed by atoms with Crippen LogP contribution in [0.25, 0.3) is 0 Å². The maximum atomic E-state index is 12.8. The normalized spacial score (nSPS) is 15.6. The summed E-state index contributed by atoms with van der Waals surface area (Å²) in [6, 6.07) is 3.02. The predicted molar refractivity (Wildman–Crippen MR) is 91.2 cm³/mol. The van der Waals surface area contributed by atoms with Crippen LogP contribution < -0.4 is 5.32 Å². The Kier molecular flexibility index (Phi) is 5.75. The van der Waals surface area contributed by atoms with Crippen LogP contribution in [0, 0.1) is 5.92 Å². The average molecular weight is 331 g/mol. The number of esters is 1. The van der Waals surface area contributed by atoms with E-state index < -0.39 is 12.0 Å². The van der Waals surface area contributed by atoms with E-state index in [1.165, 1.54) is 7.11 Å². The third-order valence-electron chi connectivity index (χ3n) is 4.82. The highest BCUT2D eigenvalue weighted by Crippen LogP contribution is 2.27. The van der Waals surface area contributed by atoms with Gasteiger partial charge in [0.25, 0.3) is 5.91 Å². The van der Waals surface area contributed by atoms with Crippen molar-refractivity contribution in [1.29, 1.82) is 0 Å². The molecule has 0 radical (unpaired) electrons. The van der Waals surface area contributed by atoms with E-state index in [-0.39, 0.29) is 17.6 Å². The number of Topliss-reactive ketones (excluding diaryl/α,β-unsaturated/α-hetero) is 1. The van der Waals surface area contributed by atoms with Crippen molar-refractivity contribution in [2.45, 2.75) is 52.5 Å². The Labute approximate surface area is 142 Å². The molecule has 0 unspecified atom stereocenters. The molecule has 1 aromatic carbocycles. The van der Waals surface area contributed by atoms with Gasteiger partial charge in [-0.1, -0.05) is 27.2 Å². The molecule has 0 bridgehead atoms. The summed E-state index contributed by atoms with van der Waals surface area (Å²) >= 11 is 0. The van der Waals surface area contributed by atoms with Gasteiger partial charge in [-0.25, -0.2) is 4.79 Å². The molecular formula is C19H25NO4. The zero-order valence-corrected chi connectivity index (χ0v) is 14.8. The first-order chi connectivity index (χ1) is 11.4. The highest BCUT2D eigenvalue weighted by Gasteiger charge is 2.30. The van der Waals surface area contributed by atoms with Crippen LogP contribution in [-0.2, 0) is 22.4 Å². The topological polar surface area (TPSA) is 72.5 Å². The number of amides is 1. The van der Waals surface area contributed by atoms with Crippen molar-refractivity contribution >= 4 is 17.7 Å².